The summed E-state index contributed by atoms with van der Waals surface area (Å²) < 4.78 is 74.7. The molecular weight excluding hydrogens is 661 g/mol. The average Bonchev–Trinajstić information content (AvgIpc) is 3.40. The van der Waals surface area contributed by atoms with Gasteiger partial charge in [0.15, 0.2) is 10.7 Å². The molecule has 0 aliphatic carbocycles. The van der Waals surface area contributed by atoms with Crippen molar-refractivity contribution in [1.82, 2.24) is 14.4 Å². The van der Waals surface area contributed by atoms with Crippen molar-refractivity contribution in [3.8, 4) is 5.75 Å². The molecule has 0 bridgehead atoms. The number of aryl methyl sites for hydroxylation is 2. The highest BCUT2D eigenvalue weighted by molar-refractivity contribution is 7.92. The summed E-state index contributed by atoms with van der Waals surface area (Å²) in [6.07, 6.45) is 1.24. The Morgan fingerprint density at radius 1 is 1.08 bits per heavy atom. The number of rotatable bonds is 9. The van der Waals surface area contributed by atoms with Crippen molar-refractivity contribution in [2.45, 2.75) is 81.9 Å². The summed E-state index contributed by atoms with van der Waals surface area (Å²) in [5.41, 5.74) is 0.423. The number of aliphatic hydroxyl groups excluding tert-OH is 1. The van der Waals surface area contributed by atoms with Crippen LogP contribution < -0.4 is 9.46 Å². The number of carbonyl (C=O) groups excluding carboxylic acids is 1. The van der Waals surface area contributed by atoms with Crippen LogP contribution in [0.2, 0.25) is 0 Å². The number of amides is 1. The maximum Gasteiger partial charge on any atom is 0.267 e. The number of anilines is 1. The van der Waals surface area contributed by atoms with Gasteiger partial charge in [-0.15, -0.1) is 0 Å². The van der Waals surface area contributed by atoms with Crippen LogP contribution in [0.15, 0.2) is 62.8 Å². The molecule has 1 amide bonds. The first-order valence-corrected chi connectivity index (χ1v) is 18.9. The van der Waals surface area contributed by atoms with Gasteiger partial charge in [-0.25, -0.2) is 16.8 Å². The third-order valence-electron chi connectivity index (χ3n) is 8.43. The van der Waals surface area contributed by atoms with Gasteiger partial charge in [-0.05, 0) is 77.3 Å². The van der Waals surface area contributed by atoms with Crippen LogP contribution >= 0.6 is 0 Å². The number of nitrogens with one attached hydrogen (secondary N) is 1. The molecule has 0 spiro atoms. The highest BCUT2D eigenvalue weighted by Gasteiger charge is 2.33. The number of nitrogens with zero attached hydrogens (tertiary/aromatic N) is 3. The van der Waals surface area contributed by atoms with Gasteiger partial charge < -0.3 is 24.0 Å². The van der Waals surface area contributed by atoms with E-state index in [0.717, 1.165) is 6.42 Å². The quantitative estimate of drug-likeness (QED) is 0.329. The molecule has 15 heteroatoms. The fourth-order valence-corrected chi connectivity index (χ4v) is 8.22. The molecule has 1 aliphatic heterocycles. The second kappa shape index (κ2) is 15.8. The summed E-state index contributed by atoms with van der Waals surface area (Å²) in [5.74, 6) is -0.467. The molecule has 1 aromatic heterocycles. The molecule has 3 aromatic rings. The van der Waals surface area contributed by atoms with Crippen LogP contribution in [-0.4, -0.2) is 93.8 Å². The van der Waals surface area contributed by atoms with Gasteiger partial charge in [-0.3, -0.25) is 9.52 Å². The molecule has 48 heavy (non-hydrogen) atoms. The first kappa shape index (κ1) is 37.3. The lowest BCUT2D eigenvalue weighted by Crippen LogP contribution is -2.48. The van der Waals surface area contributed by atoms with Crippen LogP contribution in [0.25, 0.3) is 0 Å². The van der Waals surface area contributed by atoms with E-state index in [1.807, 2.05) is 13.8 Å². The Balaban J connectivity index is 1.69. The third kappa shape index (κ3) is 8.74. The lowest BCUT2D eigenvalue weighted by molar-refractivity contribution is -0.00833. The monoisotopic (exact) mass is 706 g/mol. The predicted molar refractivity (Wildman–Crippen MR) is 180 cm³/mol. The van der Waals surface area contributed by atoms with Gasteiger partial charge in [0.05, 0.1) is 35.3 Å². The molecule has 1 aliphatic rings. The molecule has 0 saturated carbocycles. The molecule has 0 radical (unpaired) electrons. The molecule has 4 rings (SSSR count). The number of sulfonamides is 2. The topological polar surface area (TPSA) is 169 Å². The van der Waals surface area contributed by atoms with Crippen molar-refractivity contribution in [3.63, 3.8) is 0 Å². The summed E-state index contributed by atoms with van der Waals surface area (Å²) >= 11 is 0. The van der Waals surface area contributed by atoms with E-state index >= 15 is 0 Å². The Labute approximate surface area is 283 Å². The van der Waals surface area contributed by atoms with Crippen molar-refractivity contribution in [3.05, 3.63) is 65.5 Å². The van der Waals surface area contributed by atoms with Crippen molar-refractivity contribution < 1.29 is 40.7 Å². The zero-order valence-electron chi connectivity index (χ0n) is 28.2. The molecule has 13 nitrogen and oxygen atoms in total. The zero-order chi connectivity index (χ0) is 35.2. The predicted octanol–water partition coefficient (Wildman–Crippen LogP) is 4.21. The van der Waals surface area contributed by atoms with E-state index in [4.69, 9.17) is 14.0 Å². The number of likely N-dealkylation sites (N-methyl/N-ethyl adjacent to an activating group) is 1. The van der Waals surface area contributed by atoms with Gasteiger partial charge in [-0.1, -0.05) is 30.3 Å². The summed E-state index contributed by atoms with van der Waals surface area (Å²) in [7, 11) is -6.41. The number of aliphatic hydroxyl groups is 1. The van der Waals surface area contributed by atoms with Gasteiger partial charge in [0, 0.05) is 38.3 Å². The number of benzene rings is 2. The molecule has 264 valence electrons. The summed E-state index contributed by atoms with van der Waals surface area (Å²) in [5, 5.41) is 14.0. The van der Waals surface area contributed by atoms with Crippen LogP contribution in [0.1, 0.15) is 61.8 Å². The van der Waals surface area contributed by atoms with E-state index in [0.29, 0.717) is 19.4 Å². The second-order valence-corrected chi connectivity index (χ2v) is 16.0. The Kier molecular flexibility index (Phi) is 12.3. The van der Waals surface area contributed by atoms with Crippen LogP contribution in [0.4, 0.5) is 5.69 Å². The van der Waals surface area contributed by atoms with E-state index in [1.54, 1.807) is 31.2 Å². The fourth-order valence-electron chi connectivity index (χ4n) is 5.64. The van der Waals surface area contributed by atoms with E-state index in [9.17, 15) is 26.7 Å². The lowest BCUT2D eigenvalue weighted by Gasteiger charge is -2.35. The number of fused-ring (bicyclic) bond motifs is 1. The number of hydrogen-bond donors (Lipinski definition) is 2. The number of carbonyl (C=O) groups is 1. The first-order valence-electron chi connectivity index (χ1n) is 16.0. The van der Waals surface area contributed by atoms with Crippen molar-refractivity contribution in [2.24, 2.45) is 5.92 Å². The smallest absolute Gasteiger partial charge is 0.267 e. The van der Waals surface area contributed by atoms with Gasteiger partial charge in [0.1, 0.15) is 11.4 Å². The van der Waals surface area contributed by atoms with E-state index in [-0.39, 0.29) is 70.0 Å². The minimum Gasteiger partial charge on any atom is -0.490 e. The SMILES string of the molecule is Cc1noc(C)c1S(=O)(=O)Nc1ccc2c(c1)C(=O)N([C@H](C)CO)C[C@H](C)[C@H](CN(C)S(=O)(=O)c1ccccc1)OCCCC[C@@H](C)O2. The van der Waals surface area contributed by atoms with Gasteiger partial charge in [0.2, 0.25) is 10.0 Å². The van der Waals surface area contributed by atoms with E-state index < -0.39 is 38.1 Å². The maximum absolute atomic E-state index is 14.4. The van der Waals surface area contributed by atoms with Crippen molar-refractivity contribution in [2.75, 3.05) is 38.1 Å². The highest BCUT2D eigenvalue weighted by Crippen LogP contribution is 2.30. The highest BCUT2D eigenvalue weighted by atomic mass is 32.2. The lowest BCUT2D eigenvalue weighted by atomic mass is 10.0. The molecular formula is C33H46N4O9S2. The molecule has 2 N–H and O–H groups in total. The minimum atomic E-state index is -4.11. The van der Waals surface area contributed by atoms with Crippen LogP contribution in [0.5, 0.6) is 5.75 Å². The van der Waals surface area contributed by atoms with Crippen LogP contribution in [-0.2, 0) is 24.8 Å². The Bertz CT molecular complexity index is 1740. The fraction of sp³-hybridized carbons (Fsp3) is 0.515. The van der Waals surface area contributed by atoms with Crippen molar-refractivity contribution in [1.29, 1.82) is 0 Å². The zero-order valence-corrected chi connectivity index (χ0v) is 29.9. The van der Waals surface area contributed by atoms with Gasteiger partial charge in [0.25, 0.3) is 15.9 Å². The standard InChI is InChI=1S/C33H46N4O9S2/c1-22-19-37(23(2)21-38)33(39)29-18-27(35-47(40,41)32-25(4)34-46-26(32)5)15-16-30(29)45-24(3)12-10-11-17-44-31(22)20-36(6)48(42,43)28-13-8-7-9-14-28/h7-9,13-16,18,22-24,31,35,38H,10-12,17,19-21H2,1-6H3/t22-,23+,24+,31-/m0/s1. The Morgan fingerprint density at radius 3 is 2.44 bits per heavy atom. The first-order chi connectivity index (χ1) is 22.6. The molecule has 2 aromatic carbocycles. The number of aromatic nitrogens is 1. The molecule has 0 unspecified atom stereocenters. The van der Waals surface area contributed by atoms with Crippen LogP contribution in [0, 0.1) is 19.8 Å². The summed E-state index contributed by atoms with van der Waals surface area (Å²) in [4.78, 5) is 15.9. The summed E-state index contributed by atoms with van der Waals surface area (Å²) in [6, 6.07) is 12.0. The number of hydrogen-bond acceptors (Lipinski definition) is 10. The van der Waals surface area contributed by atoms with Gasteiger partial charge >= 0.3 is 0 Å². The molecule has 2 heterocycles. The minimum absolute atomic E-state index is 0.0393. The number of ether oxygens (including phenoxy) is 2. The summed E-state index contributed by atoms with van der Waals surface area (Å²) in [6.45, 7) is 8.66. The Hall–Kier alpha value is -3.50. The van der Waals surface area contributed by atoms with Gasteiger partial charge in [-0.2, -0.15) is 4.31 Å². The molecule has 0 saturated heterocycles. The largest absolute Gasteiger partial charge is 0.490 e. The van der Waals surface area contributed by atoms with Crippen LogP contribution in [0.3, 0.4) is 0 Å². The maximum atomic E-state index is 14.4. The average molecular weight is 707 g/mol. The Morgan fingerprint density at radius 2 is 1.79 bits per heavy atom. The molecule has 0 fully saturated rings. The normalized spacial score (nSPS) is 20.9. The van der Waals surface area contributed by atoms with E-state index in [1.165, 1.54) is 54.4 Å². The van der Waals surface area contributed by atoms with E-state index in [2.05, 4.69) is 9.88 Å². The van der Waals surface area contributed by atoms with Crippen molar-refractivity contribution >= 4 is 31.6 Å². The third-order valence-corrected chi connectivity index (χ3v) is 11.9. The molecule has 4 atom stereocenters. The second-order valence-electron chi connectivity index (χ2n) is 12.4.